The summed E-state index contributed by atoms with van der Waals surface area (Å²) in [6.07, 6.45) is 9.49. The van der Waals surface area contributed by atoms with E-state index in [1.807, 2.05) is 18.5 Å². The molecule has 3 heterocycles. The summed E-state index contributed by atoms with van der Waals surface area (Å²) in [5.41, 5.74) is 7.44. The fraction of sp³-hybridized carbons (Fsp3) is 0.455. The van der Waals surface area contributed by atoms with Gasteiger partial charge in [-0.25, -0.2) is 0 Å². The van der Waals surface area contributed by atoms with Crippen molar-refractivity contribution in [2.24, 2.45) is 0 Å². The van der Waals surface area contributed by atoms with E-state index in [0.29, 0.717) is 12.1 Å². The molecule has 0 amide bonds. The summed E-state index contributed by atoms with van der Waals surface area (Å²) in [5.74, 6) is 0. The molecule has 0 spiro atoms. The number of piperidine rings is 1. The molecule has 3 heteroatoms. The third-order valence-corrected chi connectivity index (χ3v) is 5.24. The minimum Gasteiger partial charge on any atom is -0.283 e. The fourth-order valence-corrected chi connectivity index (χ4v) is 4.19. The molecule has 0 aromatic carbocycles. The molecule has 3 rings (SSSR count). The second kappa shape index (κ2) is 7.49. The molecule has 0 N–H and O–H groups in total. The first-order chi connectivity index (χ1) is 12.0. The molecule has 0 radical (unpaired) electrons. The minimum absolute atomic E-state index is 0.333. The first-order valence-electron chi connectivity index (χ1n) is 9.24. The van der Waals surface area contributed by atoms with Gasteiger partial charge in [-0.15, -0.1) is 6.58 Å². The topological polar surface area (TPSA) is 29.0 Å². The number of pyridine rings is 2. The highest BCUT2D eigenvalue weighted by Crippen LogP contribution is 2.42. The molecule has 0 saturated carbocycles. The Morgan fingerprint density at radius 1 is 0.960 bits per heavy atom. The number of hydrogen-bond acceptors (Lipinski definition) is 3. The molecule has 25 heavy (non-hydrogen) atoms. The van der Waals surface area contributed by atoms with Crippen LogP contribution in [0.1, 0.15) is 65.0 Å². The van der Waals surface area contributed by atoms with Gasteiger partial charge in [0.15, 0.2) is 0 Å². The summed E-state index contributed by atoms with van der Waals surface area (Å²) in [5, 5.41) is 0. The molecular formula is C22H29N3. The lowest BCUT2D eigenvalue weighted by Crippen LogP contribution is -2.38. The van der Waals surface area contributed by atoms with Gasteiger partial charge < -0.3 is 0 Å². The van der Waals surface area contributed by atoms with Crippen LogP contribution in [0.15, 0.2) is 37.2 Å². The van der Waals surface area contributed by atoms with E-state index in [1.54, 1.807) is 0 Å². The van der Waals surface area contributed by atoms with Crippen LogP contribution in [0.4, 0.5) is 0 Å². The largest absolute Gasteiger partial charge is 0.283 e. The number of rotatable bonds is 4. The van der Waals surface area contributed by atoms with Gasteiger partial charge in [0.1, 0.15) is 0 Å². The van der Waals surface area contributed by atoms with Crippen molar-refractivity contribution in [2.75, 3.05) is 6.54 Å². The Hall–Kier alpha value is -2.00. The lowest BCUT2D eigenvalue weighted by atomic mass is 9.88. The first-order valence-corrected chi connectivity index (χ1v) is 9.24. The van der Waals surface area contributed by atoms with Crippen molar-refractivity contribution >= 4 is 0 Å². The highest BCUT2D eigenvalue weighted by molar-refractivity contribution is 5.29. The van der Waals surface area contributed by atoms with Crippen LogP contribution in [0.25, 0.3) is 0 Å². The van der Waals surface area contributed by atoms with E-state index < -0.39 is 0 Å². The molecule has 132 valence electrons. The van der Waals surface area contributed by atoms with Crippen LogP contribution in [0.5, 0.6) is 0 Å². The van der Waals surface area contributed by atoms with Gasteiger partial charge in [0.05, 0.1) is 23.5 Å². The molecule has 0 aliphatic carbocycles. The van der Waals surface area contributed by atoms with Crippen LogP contribution in [0, 0.1) is 27.7 Å². The van der Waals surface area contributed by atoms with E-state index in [9.17, 15) is 0 Å². The molecular weight excluding hydrogens is 306 g/mol. The highest BCUT2D eigenvalue weighted by Gasteiger charge is 2.34. The second-order valence-corrected chi connectivity index (χ2v) is 7.38. The molecule has 1 aliphatic heterocycles. The van der Waals surface area contributed by atoms with Gasteiger partial charge in [-0.1, -0.05) is 18.2 Å². The van der Waals surface area contributed by atoms with Crippen molar-refractivity contribution in [1.29, 1.82) is 0 Å². The number of aromatic nitrogens is 2. The van der Waals surface area contributed by atoms with E-state index in [0.717, 1.165) is 19.4 Å². The molecule has 0 bridgehead atoms. The van der Waals surface area contributed by atoms with Gasteiger partial charge in [0.25, 0.3) is 0 Å². The monoisotopic (exact) mass is 335 g/mol. The van der Waals surface area contributed by atoms with E-state index in [1.165, 1.54) is 40.1 Å². The standard InChI is InChI=1S/C22H29N3/c1-6-10-25-19(21-17(4)11-15(2)13-23-21)8-7-9-20(25)22-18(5)12-16(3)14-24-22/h6,11-14,19-20H,1,7-10H2,2-5H3. The maximum absolute atomic E-state index is 4.80. The third-order valence-electron chi connectivity index (χ3n) is 5.24. The van der Waals surface area contributed by atoms with Gasteiger partial charge in [0, 0.05) is 18.9 Å². The lowest BCUT2D eigenvalue weighted by molar-refractivity contribution is 0.0903. The predicted molar refractivity (Wildman–Crippen MR) is 104 cm³/mol. The Kier molecular flexibility index (Phi) is 5.33. The van der Waals surface area contributed by atoms with Crippen molar-refractivity contribution < 1.29 is 0 Å². The zero-order valence-electron chi connectivity index (χ0n) is 15.9. The Morgan fingerprint density at radius 2 is 1.44 bits per heavy atom. The second-order valence-electron chi connectivity index (χ2n) is 7.38. The predicted octanol–water partition coefficient (Wildman–Crippen LogP) is 5.16. The van der Waals surface area contributed by atoms with Crippen LogP contribution in [0.2, 0.25) is 0 Å². The SMILES string of the molecule is C=CCN1C(c2ncc(C)cc2C)CCCC1c1ncc(C)cc1C. The van der Waals surface area contributed by atoms with E-state index in [2.05, 4.69) is 51.3 Å². The average molecular weight is 335 g/mol. The zero-order chi connectivity index (χ0) is 18.0. The van der Waals surface area contributed by atoms with Crippen LogP contribution >= 0.6 is 0 Å². The van der Waals surface area contributed by atoms with Gasteiger partial charge in [-0.05, 0) is 69.2 Å². The van der Waals surface area contributed by atoms with Crippen molar-refractivity contribution in [2.45, 2.75) is 59.0 Å². The Morgan fingerprint density at radius 3 is 1.84 bits per heavy atom. The number of hydrogen-bond donors (Lipinski definition) is 0. The summed E-state index contributed by atoms with van der Waals surface area (Å²) in [6, 6.07) is 5.15. The molecule has 2 aromatic heterocycles. The first kappa shape index (κ1) is 17.8. The Labute approximate surface area is 151 Å². The van der Waals surface area contributed by atoms with Gasteiger partial charge in [0.2, 0.25) is 0 Å². The molecule has 1 saturated heterocycles. The van der Waals surface area contributed by atoms with Crippen molar-refractivity contribution in [1.82, 2.24) is 14.9 Å². The van der Waals surface area contributed by atoms with Gasteiger partial charge >= 0.3 is 0 Å². The van der Waals surface area contributed by atoms with Crippen LogP contribution in [0.3, 0.4) is 0 Å². The number of likely N-dealkylation sites (tertiary alicyclic amines) is 1. The molecule has 2 aromatic rings. The maximum atomic E-state index is 4.80. The van der Waals surface area contributed by atoms with Gasteiger partial charge in [-0.2, -0.15) is 0 Å². The van der Waals surface area contributed by atoms with Crippen LogP contribution in [-0.2, 0) is 0 Å². The van der Waals surface area contributed by atoms with E-state index >= 15 is 0 Å². The summed E-state index contributed by atoms with van der Waals surface area (Å²) in [7, 11) is 0. The lowest BCUT2D eigenvalue weighted by Gasteiger charge is -2.42. The Bertz CT molecular complexity index is 706. The number of nitrogens with zero attached hydrogens (tertiary/aromatic N) is 3. The van der Waals surface area contributed by atoms with E-state index in [4.69, 9.17) is 9.97 Å². The fourth-order valence-electron chi connectivity index (χ4n) is 4.19. The normalized spacial score (nSPS) is 21.3. The number of aryl methyl sites for hydroxylation is 4. The van der Waals surface area contributed by atoms with E-state index in [-0.39, 0.29) is 0 Å². The Balaban J connectivity index is 2.00. The molecule has 2 atom stereocenters. The minimum atomic E-state index is 0.333. The smallest absolute Gasteiger partial charge is 0.0605 e. The average Bonchev–Trinajstić information content (AvgIpc) is 2.56. The molecule has 3 nitrogen and oxygen atoms in total. The zero-order valence-corrected chi connectivity index (χ0v) is 15.9. The van der Waals surface area contributed by atoms with Crippen LogP contribution in [-0.4, -0.2) is 21.4 Å². The summed E-state index contributed by atoms with van der Waals surface area (Å²) in [4.78, 5) is 12.2. The van der Waals surface area contributed by atoms with Gasteiger partial charge in [-0.3, -0.25) is 14.9 Å². The summed E-state index contributed by atoms with van der Waals surface area (Å²) < 4.78 is 0. The summed E-state index contributed by atoms with van der Waals surface area (Å²) in [6.45, 7) is 13.4. The summed E-state index contributed by atoms with van der Waals surface area (Å²) >= 11 is 0. The van der Waals surface area contributed by atoms with Crippen molar-refractivity contribution in [3.8, 4) is 0 Å². The molecule has 2 unspecified atom stereocenters. The highest BCUT2D eigenvalue weighted by atomic mass is 15.2. The van der Waals surface area contributed by atoms with Crippen molar-refractivity contribution in [3.05, 3.63) is 70.8 Å². The third kappa shape index (κ3) is 3.67. The molecule has 1 aliphatic rings. The quantitative estimate of drug-likeness (QED) is 0.722. The molecule has 1 fully saturated rings. The maximum Gasteiger partial charge on any atom is 0.0605 e. The van der Waals surface area contributed by atoms with Crippen molar-refractivity contribution in [3.63, 3.8) is 0 Å². The van der Waals surface area contributed by atoms with Crippen LogP contribution < -0.4 is 0 Å².